The zero-order valence-corrected chi connectivity index (χ0v) is 10.6. The van der Waals surface area contributed by atoms with Gasteiger partial charge in [0.25, 0.3) is 0 Å². The van der Waals surface area contributed by atoms with Crippen LogP contribution in [0.2, 0.25) is 0 Å². The highest BCUT2D eigenvalue weighted by Gasteiger charge is 2.32. The van der Waals surface area contributed by atoms with Gasteiger partial charge in [-0.05, 0) is 22.9 Å². The molecule has 8 heteroatoms. The second-order valence-corrected chi connectivity index (χ2v) is 4.44. The van der Waals surface area contributed by atoms with E-state index in [0.29, 0.717) is 4.60 Å². The number of aromatic nitrogens is 2. The van der Waals surface area contributed by atoms with Crippen molar-refractivity contribution in [3.63, 3.8) is 0 Å². The van der Waals surface area contributed by atoms with Gasteiger partial charge in [0.1, 0.15) is 23.0 Å². The van der Waals surface area contributed by atoms with Crippen LogP contribution in [0.15, 0.2) is 10.7 Å². The number of amides is 2. The Hall–Kier alpha value is -1.70. The predicted octanol–water partition coefficient (Wildman–Crippen LogP) is -0.327. The normalized spacial score (nSPS) is 20.4. The third-order valence-corrected chi connectivity index (χ3v) is 2.79. The minimum absolute atomic E-state index is 0.0306. The molecule has 0 aromatic carbocycles. The molecule has 2 heterocycles. The van der Waals surface area contributed by atoms with Crippen LogP contribution in [0.3, 0.4) is 0 Å². The second-order valence-electron chi connectivity index (χ2n) is 3.63. The van der Waals surface area contributed by atoms with Crippen molar-refractivity contribution in [2.45, 2.75) is 13.0 Å². The molecule has 1 atom stereocenters. The number of imide groups is 1. The van der Waals surface area contributed by atoms with Gasteiger partial charge < -0.3 is 10.6 Å². The number of carbonyl (C=O) groups excluding carboxylic acids is 2. The van der Waals surface area contributed by atoms with E-state index < -0.39 is 6.04 Å². The molecule has 0 radical (unpaired) electrons. The van der Waals surface area contributed by atoms with Crippen LogP contribution in [-0.4, -0.2) is 34.4 Å². The molecule has 1 saturated heterocycles. The van der Waals surface area contributed by atoms with Crippen LogP contribution < -0.4 is 16.0 Å². The Labute approximate surface area is 106 Å². The van der Waals surface area contributed by atoms with Gasteiger partial charge >= 0.3 is 0 Å². The topological polar surface area (TPSA) is 101 Å². The summed E-state index contributed by atoms with van der Waals surface area (Å²) in [5.41, 5.74) is 5.59. The molecule has 1 aromatic heterocycles. The number of nitrogens with one attached hydrogen (secondary N) is 1. The first-order chi connectivity index (χ1) is 7.97. The van der Waals surface area contributed by atoms with Crippen LogP contribution in [0.1, 0.15) is 6.92 Å². The number of nitrogens with two attached hydrogens (primary N) is 1. The van der Waals surface area contributed by atoms with Crippen LogP contribution in [0.4, 0.5) is 11.8 Å². The number of halogens is 1. The lowest BCUT2D eigenvalue weighted by molar-refractivity contribution is -0.132. The molecule has 1 aromatic rings. The average molecular weight is 300 g/mol. The van der Waals surface area contributed by atoms with Crippen molar-refractivity contribution in [2.75, 3.05) is 17.2 Å². The van der Waals surface area contributed by atoms with Gasteiger partial charge in [-0.2, -0.15) is 4.98 Å². The number of hydrogen-bond donors (Lipinski definition) is 2. The van der Waals surface area contributed by atoms with E-state index in [1.807, 2.05) is 0 Å². The van der Waals surface area contributed by atoms with E-state index in [1.165, 1.54) is 4.90 Å². The molecule has 1 aliphatic rings. The third-order valence-electron chi connectivity index (χ3n) is 2.38. The van der Waals surface area contributed by atoms with Gasteiger partial charge in [-0.3, -0.25) is 14.9 Å². The largest absolute Gasteiger partial charge is 0.383 e. The standard InChI is InChI=1S/C9H10BrN5O2/c1-4-8(17)14-7(16)3-15(4)9-12-5(10)2-6(11)13-9/h2,4H,3H2,1H3,(H2,11,12,13)(H,14,16,17). The molecule has 2 amide bonds. The molecule has 7 nitrogen and oxygen atoms in total. The smallest absolute Gasteiger partial charge is 0.249 e. The Morgan fingerprint density at radius 1 is 1.53 bits per heavy atom. The third kappa shape index (κ3) is 2.36. The number of anilines is 2. The van der Waals surface area contributed by atoms with E-state index in [1.54, 1.807) is 13.0 Å². The summed E-state index contributed by atoms with van der Waals surface area (Å²) in [6.45, 7) is 1.70. The summed E-state index contributed by atoms with van der Waals surface area (Å²) in [6, 6.07) is 1.03. The fraction of sp³-hybridized carbons (Fsp3) is 0.333. The average Bonchev–Trinajstić information content (AvgIpc) is 2.22. The molecule has 17 heavy (non-hydrogen) atoms. The molecule has 0 bridgehead atoms. The van der Waals surface area contributed by atoms with Crippen LogP contribution in [0.5, 0.6) is 0 Å². The molecule has 90 valence electrons. The van der Waals surface area contributed by atoms with Crippen molar-refractivity contribution in [2.24, 2.45) is 0 Å². The Bertz CT molecular complexity index is 472. The Balaban J connectivity index is 2.37. The zero-order chi connectivity index (χ0) is 12.6. The molecule has 1 fully saturated rings. The van der Waals surface area contributed by atoms with Gasteiger partial charge in [0, 0.05) is 6.07 Å². The molecule has 1 unspecified atom stereocenters. The highest BCUT2D eigenvalue weighted by molar-refractivity contribution is 9.10. The van der Waals surface area contributed by atoms with Gasteiger partial charge in [-0.1, -0.05) is 0 Å². The van der Waals surface area contributed by atoms with Crippen molar-refractivity contribution < 1.29 is 9.59 Å². The van der Waals surface area contributed by atoms with Crippen LogP contribution in [-0.2, 0) is 9.59 Å². The molecular formula is C9H10BrN5O2. The molecule has 2 rings (SSSR count). The number of nitrogen functional groups attached to an aromatic ring is 1. The minimum atomic E-state index is -0.513. The molecule has 3 N–H and O–H groups in total. The molecule has 0 spiro atoms. The second kappa shape index (κ2) is 4.28. The lowest BCUT2D eigenvalue weighted by Crippen LogP contribution is -2.57. The first-order valence-corrected chi connectivity index (χ1v) is 5.67. The summed E-state index contributed by atoms with van der Waals surface area (Å²) in [6.07, 6.45) is 0. The maximum atomic E-state index is 11.5. The molecule has 0 aliphatic carbocycles. The maximum absolute atomic E-state index is 11.5. The molecule has 1 aliphatic heterocycles. The van der Waals surface area contributed by atoms with Crippen molar-refractivity contribution >= 4 is 39.5 Å². The SMILES string of the molecule is CC1C(=O)NC(=O)CN1c1nc(N)cc(Br)n1. The van der Waals surface area contributed by atoms with Crippen LogP contribution >= 0.6 is 15.9 Å². The van der Waals surface area contributed by atoms with E-state index in [2.05, 4.69) is 31.2 Å². The fourth-order valence-electron chi connectivity index (χ4n) is 1.51. The van der Waals surface area contributed by atoms with Gasteiger partial charge in [-0.15, -0.1) is 0 Å². The number of carbonyl (C=O) groups is 2. The maximum Gasteiger partial charge on any atom is 0.249 e. The first-order valence-electron chi connectivity index (χ1n) is 4.88. The predicted molar refractivity (Wildman–Crippen MR) is 64.1 cm³/mol. The molecular weight excluding hydrogens is 290 g/mol. The van der Waals surface area contributed by atoms with E-state index in [4.69, 9.17) is 5.73 Å². The lowest BCUT2D eigenvalue weighted by atomic mass is 10.2. The van der Waals surface area contributed by atoms with Gasteiger partial charge in [0.05, 0.1) is 0 Å². The Morgan fingerprint density at radius 3 is 2.88 bits per heavy atom. The van der Waals surface area contributed by atoms with Crippen molar-refractivity contribution in [3.05, 3.63) is 10.7 Å². The Morgan fingerprint density at radius 2 is 2.24 bits per heavy atom. The van der Waals surface area contributed by atoms with Crippen LogP contribution in [0.25, 0.3) is 0 Å². The van der Waals surface area contributed by atoms with Crippen molar-refractivity contribution in [1.29, 1.82) is 0 Å². The summed E-state index contributed by atoms with van der Waals surface area (Å²) in [7, 11) is 0. The minimum Gasteiger partial charge on any atom is -0.383 e. The van der Waals surface area contributed by atoms with E-state index >= 15 is 0 Å². The summed E-state index contributed by atoms with van der Waals surface area (Å²) in [4.78, 5) is 32.4. The summed E-state index contributed by atoms with van der Waals surface area (Å²) < 4.78 is 0.505. The monoisotopic (exact) mass is 299 g/mol. The highest BCUT2D eigenvalue weighted by Crippen LogP contribution is 2.19. The van der Waals surface area contributed by atoms with E-state index in [0.717, 1.165) is 0 Å². The van der Waals surface area contributed by atoms with Crippen LogP contribution in [0, 0.1) is 0 Å². The first kappa shape index (κ1) is 11.8. The Kier molecular flexibility index (Phi) is 2.97. The number of piperazine rings is 1. The van der Waals surface area contributed by atoms with Crippen molar-refractivity contribution in [1.82, 2.24) is 15.3 Å². The molecule has 0 saturated carbocycles. The van der Waals surface area contributed by atoms with Gasteiger partial charge in [0.15, 0.2) is 0 Å². The summed E-state index contributed by atoms with van der Waals surface area (Å²) in [5.74, 6) is -0.223. The summed E-state index contributed by atoms with van der Waals surface area (Å²) in [5, 5.41) is 2.24. The zero-order valence-electron chi connectivity index (χ0n) is 8.98. The van der Waals surface area contributed by atoms with E-state index in [9.17, 15) is 9.59 Å². The number of nitrogens with zero attached hydrogens (tertiary/aromatic N) is 3. The van der Waals surface area contributed by atoms with Gasteiger partial charge in [0.2, 0.25) is 17.8 Å². The van der Waals surface area contributed by atoms with Gasteiger partial charge in [-0.25, -0.2) is 4.98 Å². The number of hydrogen-bond acceptors (Lipinski definition) is 6. The van der Waals surface area contributed by atoms with Crippen molar-refractivity contribution in [3.8, 4) is 0 Å². The highest BCUT2D eigenvalue weighted by atomic mass is 79.9. The number of rotatable bonds is 1. The van der Waals surface area contributed by atoms with E-state index in [-0.39, 0.29) is 30.1 Å². The fourth-order valence-corrected chi connectivity index (χ4v) is 1.90. The quantitative estimate of drug-likeness (QED) is 0.544. The summed E-state index contributed by atoms with van der Waals surface area (Å²) >= 11 is 3.19. The lowest BCUT2D eigenvalue weighted by Gasteiger charge is -2.31.